The van der Waals surface area contributed by atoms with Gasteiger partial charge < -0.3 is 19.9 Å². The van der Waals surface area contributed by atoms with Crippen LogP contribution in [-0.2, 0) is 9.53 Å². The second kappa shape index (κ2) is 8.38. The number of carbonyl (C=O) groups is 2. The van der Waals surface area contributed by atoms with Gasteiger partial charge in [-0.25, -0.2) is 4.79 Å². The molecule has 0 saturated carbocycles. The first-order valence-electron chi connectivity index (χ1n) is 8.27. The number of carboxylic acids is 1. The minimum Gasteiger partial charge on any atom is -0.481 e. The van der Waals surface area contributed by atoms with Crippen molar-refractivity contribution in [1.82, 2.24) is 5.32 Å². The van der Waals surface area contributed by atoms with Crippen LogP contribution in [0.25, 0.3) is 0 Å². The molecule has 0 aromatic heterocycles. The zero-order valence-corrected chi connectivity index (χ0v) is 15.1. The van der Waals surface area contributed by atoms with Crippen LogP contribution in [0, 0.1) is 0 Å². The molecule has 0 radical (unpaired) electrons. The Hall–Kier alpha value is -3.02. The van der Waals surface area contributed by atoms with Crippen LogP contribution in [0.15, 0.2) is 54.6 Å². The van der Waals surface area contributed by atoms with E-state index in [1.165, 1.54) is 0 Å². The van der Waals surface area contributed by atoms with E-state index in [-0.39, 0.29) is 6.42 Å². The van der Waals surface area contributed by atoms with Crippen LogP contribution in [0.4, 0.5) is 4.79 Å². The summed E-state index contributed by atoms with van der Waals surface area (Å²) in [7, 11) is 0. The quantitative estimate of drug-likeness (QED) is 0.794. The van der Waals surface area contributed by atoms with Gasteiger partial charge in [0.05, 0.1) is 12.5 Å². The van der Waals surface area contributed by atoms with Crippen molar-refractivity contribution in [3.05, 3.63) is 60.2 Å². The van der Waals surface area contributed by atoms with Crippen LogP contribution in [0.1, 0.15) is 38.8 Å². The number of alkyl carbamates (subject to hydrolysis) is 1. The van der Waals surface area contributed by atoms with Crippen molar-refractivity contribution in [3.8, 4) is 11.5 Å². The zero-order valence-electron chi connectivity index (χ0n) is 15.1. The van der Waals surface area contributed by atoms with Gasteiger partial charge in [-0.2, -0.15) is 0 Å². The van der Waals surface area contributed by atoms with E-state index < -0.39 is 23.7 Å². The van der Waals surface area contributed by atoms with Crippen LogP contribution in [0.3, 0.4) is 0 Å². The van der Waals surface area contributed by atoms with E-state index in [2.05, 4.69) is 5.32 Å². The van der Waals surface area contributed by atoms with Crippen LogP contribution in [0.5, 0.6) is 11.5 Å². The predicted molar refractivity (Wildman–Crippen MR) is 97.3 cm³/mol. The maximum atomic E-state index is 12.0. The van der Waals surface area contributed by atoms with E-state index in [0.29, 0.717) is 17.1 Å². The topological polar surface area (TPSA) is 84.9 Å². The standard InChI is InChI=1S/C20H23NO5/c1-20(2,3)26-19(24)21-17(13-18(22)23)14-8-7-11-16(12-14)25-15-9-5-4-6-10-15/h4-12,17H,13H2,1-3H3,(H,21,24)(H,22,23). The highest BCUT2D eigenvalue weighted by Gasteiger charge is 2.22. The number of carbonyl (C=O) groups excluding carboxylic acids is 1. The number of rotatable bonds is 6. The SMILES string of the molecule is CC(C)(C)OC(=O)NC(CC(=O)O)c1cccc(Oc2ccccc2)c1. The van der Waals surface area contributed by atoms with E-state index in [4.69, 9.17) is 9.47 Å². The fraction of sp³-hybridized carbons (Fsp3) is 0.300. The summed E-state index contributed by atoms with van der Waals surface area (Å²) in [5.74, 6) is 0.190. The van der Waals surface area contributed by atoms with Gasteiger partial charge in [0, 0.05) is 0 Å². The Morgan fingerprint density at radius 2 is 1.69 bits per heavy atom. The van der Waals surface area contributed by atoms with Crippen LogP contribution < -0.4 is 10.1 Å². The third-order valence-corrected chi connectivity index (χ3v) is 3.31. The summed E-state index contributed by atoms with van der Waals surface area (Å²) in [6.45, 7) is 5.23. The molecule has 1 unspecified atom stereocenters. The lowest BCUT2D eigenvalue weighted by atomic mass is 10.0. The molecular weight excluding hydrogens is 334 g/mol. The Bertz CT molecular complexity index is 752. The summed E-state index contributed by atoms with van der Waals surface area (Å²) >= 11 is 0. The van der Waals surface area contributed by atoms with Crippen molar-refractivity contribution >= 4 is 12.1 Å². The van der Waals surface area contributed by atoms with Gasteiger partial charge in [0.1, 0.15) is 17.1 Å². The molecule has 1 amide bonds. The Labute approximate surface area is 152 Å². The normalized spacial score (nSPS) is 12.1. The van der Waals surface area contributed by atoms with Crippen molar-refractivity contribution in [2.45, 2.75) is 38.8 Å². The van der Waals surface area contributed by atoms with Gasteiger partial charge in [-0.1, -0.05) is 30.3 Å². The van der Waals surface area contributed by atoms with Gasteiger partial charge in [0.25, 0.3) is 0 Å². The van der Waals surface area contributed by atoms with Crippen molar-refractivity contribution < 1.29 is 24.2 Å². The number of ether oxygens (including phenoxy) is 2. The lowest BCUT2D eigenvalue weighted by molar-refractivity contribution is -0.137. The monoisotopic (exact) mass is 357 g/mol. The number of para-hydroxylation sites is 1. The Morgan fingerprint density at radius 1 is 1.04 bits per heavy atom. The first-order valence-corrected chi connectivity index (χ1v) is 8.27. The summed E-state index contributed by atoms with van der Waals surface area (Å²) < 4.78 is 11.0. The molecule has 1 atom stereocenters. The molecule has 138 valence electrons. The average molecular weight is 357 g/mol. The Kier molecular flexibility index (Phi) is 6.22. The van der Waals surface area contributed by atoms with Crippen LogP contribution in [-0.4, -0.2) is 22.8 Å². The third kappa shape index (κ3) is 6.47. The van der Waals surface area contributed by atoms with Gasteiger partial charge in [-0.3, -0.25) is 4.79 Å². The molecule has 6 heteroatoms. The van der Waals surface area contributed by atoms with Crippen molar-refractivity contribution in [3.63, 3.8) is 0 Å². The van der Waals surface area contributed by atoms with Crippen LogP contribution in [0.2, 0.25) is 0 Å². The van der Waals surface area contributed by atoms with Gasteiger partial charge in [0.15, 0.2) is 0 Å². The van der Waals surface area contributed by atoms with E-state index in [1.54, 1.807) is 45.0 Å². The summed E-state index contributed by atoms with van der Waals surface area (Å²) in [5.41, 5.74) is -0.0532. The smallest absolute Gasteiger partial charge is 0.408 e. The second-order valence-electron chi connectivity index (χ2n) is 6.78. The second-order valence-corrected chi connectivity index (χ2v) is 6.78. The minimum absolute atomic E-state index is 0.270. The van der Waals surface area contributed by atoms with Gasteiger partial charge >= 0.3 is 12.1 Å². The fourth-order valence-electron chi connectivity index (χ4n) is 2.30. The zero-order chi connectivity index (χ0) is 19.2. The lowest BCUT2D eigenvalue weighted by Gasteiger charge is -2.23. The highest BCUT2D eigenvalue weighted by atomic mass is 16.6. The molecule has 0 heterocycles. The van der Waals surface area contributed by atoms with Crippen LogP contribution >= 0.6 is 0 Å². The molecule has 26 heavy (non-hydrogen) atoms. The number of carboxylic acid groups (broad SMARTS) is 1. The molecule has 0 spiro atoms. The lowest BCUT2D eigenvalue weighted by Crippen LogP contribution is -2.35. The number of amides is 1. The van der Waals surface area contributed by atoms with Gasteiger partial charge in [0.2, 0.25) is 0 Å². The summed E-state index contributed by atoms with van der Waals surface area (Å²) in [4.78, 5) is 23.2. The minimum atomic E-state index is -1.03. The molecule has 0 aliphatic heterocycles. The summed E-state index contributed by atoms with van der Waals surface area (Å²) in [5, 5.41) is 11.8. The molecular formula is C20H23NO5. The largest absolute Gasteiger partial charge is 0.481 e. The number of hydrogen-bond donors (Lipinski definition) is 2. The van der Waals surface area contributed by atoms with E-state index in [1.807, 2.05) is 30.3 Å². The van der Waals surface area contributed by atoms with Crippen molar-refractivity contribution in [2.75, 3.05) is 0 Å². The maximum absolute atomic E-state index is 12.0. The molecule has 0 bridgehead atoms. The predicted octanol–water partition coefficient (Wildman–Crippen LogP) is 4.52. The highest BCUT2D eigenvalue weighted by molar-refractivity contribution is 5.72. The number of hydrogen-bond acceptors (Lipinski definition) is 4. The van der Waals surface area contributed by atoms with E-state index >= 15 is 0 Å². The molecule has 6 nitrogen and oxygen atoms in total. The van der Waals surface area contributed by atoms with Gasteiger partial charge in [-0.15, -0.1) is 0 Å². The van der Waals surface area contributed by atoms with Crippen molar-refractivity contribution in [1.29, 1.82) is 0 Å². The number of benzene rings is 2. The molecule has 0 fully saturated rings. The first-order chi connectivity index (χ1) is 12.2. The number of aliphatic carboxylic acids is 1. The summed E-state index contributed by atoms with van der Waals surface area (Å²) in [6, 6.07) is 15.5. The Morgan fingerprint density at radius 3 is 2.31 bits per heavy atom. The molecule has 2 rings (SSSR count). The molecule has 2 aromatic rings. The molecule has 2 N–H and O–H groups in total. The highest BCUT2D eigenvalue weighted by Crippen LogP contribution is 2.26. The Balaban J connectivity index is 2.18. The third-order valence-electron chi connectivity index (χ3n) is 3.31. The molecule has 0 aliphatic rings. The molecule has 0 aliphatic carbocycles. The summed E-state index contributed by atoms with van der Waals surface area (Å²) in [6.07, 6.45) is -0.938. The molecule has 2 aromatic carbocycles. The maximum Gasteiger partial charge on any atom is 0.408 e. The number of nitrogens with one attached hydrogen (secondary N) is 1. The average Bonchev–Trinajstić information content (AvgIpc) is 2.53. The van der Waals surface area contributed by atoms with Gasteiger partial charge in [-0.05, 0) is 50.6 Å². The molecule has 0 saturated heterocycles. The fourth-order valence-corrected chi connectivity index (χ4v) is 2.30. The van der Waals surface area contributed by atoms with E-state index in [0.717, 1.165) is 0 Å². The van der Waals surface area contributed by atoms with E-state index in [9.17, 15) is 14.7 Å². The first kappa shape index (κ1) is 19.3. The van der Waals surface area contributed by atoms with Crippen molar-refractivity contribution in [2.24, 2.45) is 0 Å².